The van der Waals surface area contributed by atoms with Crippen LogP contribution in [0.1, 0.15) is 49.3 Å². The van der Waals surface area contributed by atoms with E-state index in [0.717, 1.165) is 32.8 Å². The van der Waals surface area contributed by atoms with Gasteiger partial charge >= 0.3 is 208 Å². The number of hydrogen-bond acceptors (Lipinski definition) is 6. The molecule has 6 rings (SSSR count). The molecule has 0 atom stereocenters. The first-order valence-corrected chi connectivity index (χ1v) is 15.3. The Morgan fingerprint density at radius 3 is 1.38 bits per heavy atom. The molecule has 0 spiro atoms. The Morgan fingerprint density at radius 2 is 1.00 bits per heavy atom. The van der Waals surface area contributed by atoms with Gasteiger partial charge in [-0.15, -0.1) is 0 Å². The first kappa shape index (κ1) is 20.9. The van der Waals surface area contributed by atoms with Gasteiger partial charge < -0.3 is 0 Å². The Labute approximate surface area is 206 Å². The second-order valence-electron chi connectivity index (χ2n) is 8.58. The summed E-state index contributed by atoms with van der Waals surface area (Å²) >= 11 is 3.54. The van der Waals surface area contributed by atoms with E-state index in [-0.39, 0.29) is 29.9 Å². The van der Waals surface area contributed by atoms with E-state index in [9.17, 15) is 0 Å². The summed E-state index contributed by atoms with van der Waals surface area (Å²) in [6.45, 7) is 8.98. The summed E-state index contributed by atoms with van der Waals surface area (Å²) in [7, 11) is 0. The Balaban J connectivity index is 1.66. The van der Waals surface area contributed by atoms with Gasteiger partial charge in [0.15, 0.2) is 0 Å². The van der Waals surface area contributed by atoms with Gasteiger partial charge in [0.2, 0.25) is 0 Å². The molecule has 0 aliphatic heterocycles. The molecular weight excluding hydrogens is 566 g/mol. The van der Waals surface area contributed by atoms with E-state index in [2.05, 4.69) is 64.1 Å². The first-order valence-electron chi connectivity index (χ1n) is 10.6. The average Bonchev–Trinajstić information content (AvgIpc) is 3.58. The molecule has 4 nitrogen and oxygen atoms in total. The number of fused-ring (bicyclic) bond motifs is 5. The minimum atomic E-state index is -0.0954. The molecule has 0 unspecified atom stereocenters. The van der Waals surface area contributed by atoms with E-state index in [0.29, 0.717) is 11.8 Å². The number of thiophene rings is 2. The third-order valence-corrected chi connectivity index (χ3v) is 10.8. The zero-order valence-corrected chi connectivity index (χ0v) is 23.1. The third-order valence-electron chi connectivity index (χ3n) is 5.79. The normalized spacial score (nSPS) is 12.3. The van der Waals surface area contributed by atoms with Gasteiger partial charge in [0.1, 0.15) is 0 Å². The third kappa shape index (κ3) is 3.28. The van der Waals surface area contributed by atoms with Crippen molar-refractivity contribution in [2.45, 2.75) is 39.5 Å². The summed E-state index contributed by atoms with van der Waals surface area (Å²) in [6, 6.07) is 13.6. The van der Waals surface area contributed by atoms with Crippen LogP contribution < -0.4 is 0 Å². The Kier molecular flexibility index (Phi) is 5.21. The van der Waals surface area contributed by atoms with Gasteiger partial charge in [0.05, 0.1) is 0 Å². The molecule has 0 fully saturated rings. The van der Waals surface area contributed by atoms with Crippen molar-refractivity contribution >= 4 is 85.4 Å². The second-order valence-corrected chi connectivity index (χ2v) is 13.0. The second kappa shape index (κ2) is 7.98. The number of nitrogens with zero attached hydrogens (tertiary/aromatic N) is 4. The van der Waals surface area contributed by atoms with Crippen LogP contribution >= 0.6 is 22.7 Å². The van der Waals surface area contributed by atoms with Crippen LogP contribution in [0.15, 0.2) is 36.4 Å². The number of rotatable bonds is 4. The van der Waals surface area contributed by atoms with Crippen molar-refractivity contribution < 1.29 is 0 Å². The fourth-order valence-corrected chi connectivity index (χ4v) is 8.51. The van der Waals surface area contributed by atoms with Crippen molar-refractivity contribution in [1.29, 1.82) is 0 Å². The predicted octanol–water partition coefficient (Wildman–Crippen LogP) is 6.54. The summed E-state index contributed by atoms with van der Waals surface area (Å²) in [5.41, 5.74) is 6.56. The molecule has 0 amide bonds. The molecule has 0 saturated heterocycles. The van der Waals surface area contributed by atoms with Crippen LogP contribution in [-0.2, 0) is 0 Å². The van der Waals surface area contributed by atoms with E-state index in [1.54, 1.807) is 0 Å². The van der Waals surface area contributed by atoms with Gasteiger partial charge in [0.25, 0.3) is 0 Å². The van der Waals surface area contributed by atoms with Crippen LogP contribution in [-0.4, -0.2) is 45.8 Å². The Hall–Kier alpha value is -1.66. The van der Waals surface area contributed by atoms with Crippen molar-refractivity contribution in [3.05, 3.63) is 46.2 Å². The maximum absolute atomic E-state index is 4.89. The maximum atomic E-state index is 4.89. The molecule has 0 aliphatic carbocycles. The van der Waals surface area contributed by atoms with Crippen LogP contribution in [0.2, 0.25) is 0 Å². The molecule has 0 aliphatic rings. The average molecular weight is 587 g/mol. The zero-order valence-electron chi connectivity index (χ0n) is 18.0. The van der Waals surface area contributed by atoms with Crippen molar-refractivity contribution in [3.63, 3.8) is 0 Å². The summed E-state index contributed by atoms with van der Waals surface area (Å²) in [5.74, 6) is 1.05. The van der Waals surface area contributed by atoms with Crippen LogP contribution in [0.25, 0.3) is 53.7 Å². The summed E-state index contributed by atoms with van der Waals surface area (Å²) in [4.78, 5) is 5.33. The molecule has 4 heterocycles. The van der Waals surface area contributed by atoms with E-state index in [1.165, 1.54) is 30.6 Å². The van der Waals surface area contributed by atoms with Gasteiger partial charge in [-0.25, -0.2) is 0 Å². The van der Waals surface area contributed by atoms with Crippen LogP contribution in [0, 0.1) is 0 Å². The van der Waals surface area contributed by atoms with Crippen molar-refractivity contribution in [3.8, 4) is 20.9 Å². The molecule has 160 valence electrons. The van der Waals surface area contributed by atoms with Crippen molar-refractivity contribution in [2.24, 2.45) is 0 Å². The molecule has 0 saturated carbocycles. The Morgan fingerprint density at radius 1 is 0.594 bits per heavy atom. The predicted molar refractivity (Wildman–Crippen MR) is 139 cm³/mol. The van der Waals surface area contributed by atoms with Gasteiger partial charge in [-0.1, -0.05) is 0 Å². The quantitative estimate of drug-likeness (QED) is 0.220. The number of hydrogen-bond donors (Lipinski definition) is 0. The zero-order chi connectivity index (χ0) is 22.0. The minimum absolute atomic E-state index is 0.0954. The summed E-state index contributed by atoms with van der Waals surface area (Å²) in [6.07, 6.45) is 0. The molecule has 0 radical (unpaired) electrons. The van der Waals surface area contributed by atoms with Crippen LogP contribution in [0.5, 0.6) is 0 Å². The van der Waals surface area contributed by atoms with E-state index >= 15 is 0 Å². The SMILES string of the molecule is CC(C)c1ccc(-c2cc3c(cc(-c4ccc(C(C)C)s4)c4n[se]nc43)c3n[se]nc23)s1. The van der Waals surface area contributed by atoms with Gasteiger partial charge in [-0.2, -0.15) is 0 Å². The molecule has 0 bridgehead atoms. The number of aromatic nitrogens is 4. The topological polar surface area (TPSA) is 51.6 Å². The summed E-state index contributed by atoms with van der Waals surface area (Å²) < 4.78 is 19.5. The molecule has 0 N–H and O–H groups in total. The number of benzene rings is 2. The Bertz CT molecular complexity index is 1480. The molecule has 4 aromatic heterocycles. The summed E-state index contributed by atoms with van der Waals surface area (Å²) in [5, 5.41) is 2.33. The first-order chi connectivity index (χ1) is 15.5. The van der Waals surface area contributed by atoms with Crippen molar-refractivity contribution in [2.75, 3.05) is 0 Å². The van der Waals surface area contributed by atoms with Gasteiger partial charge in [-0.05, 0) is 0 Å². The monoisotopic (exact) mass is 588 g/mol. The van der Waals surface area contributed by atoms with Gasteiger partial charge in [0, 0.05) is 0 Å². The van der Waals surface area contributed by atoms with Crippen molar-refractivity contribution in [1.82, 2.24) is 15.9 Å². The van der Waals surface area contributed by atoms with Crippen LogP contribution in [0.4, 0.5) is 0 Å². The standard InChI is InChI=1S/C24H20N4S2Se2/c1-11(2)17-5-7-19(29-17)15-9-13-14(21-23(15)27-31-25-21)10-16(24-22(13)26-32-28-24)20-8-6-18(30-20)12(3)4/h5-12H,1-4H3. The van der Waals surface area contributed by atoms with Gasteiger partial charge in [-0.3, -0.25) is 0 Å². The van der Waals surface area contributed by atoms with E-state index in [4.69, 9.17) is 15.9 Å². The molecule has 8 heteroatoms. The fraction of sp³-hybridized carbons (Fsp3) is 0.250. The van der Waals surface area contributed by atoms with E-state index < -0.39 is 0 Å². The van der Waals surface area contributed by atoms with E-state index in [1.807, 2.05) is 22.7 Å². The molecule has 6 aromatic rings. The molecule has 32 heavy (non-hydrogen) atoms. The molecular formula is C24H20N4S2Se2. The fourth-order valence-electron chi connectivity index (χ4n) is 4.05. The molecule has 2 aromatic carbocycles. The van der Waals surface area contributed by atoms with Crippen LogP contribution in [0.3, 0.4) is 0 Å².